The molecule has 1 aromatic carbocycles. The Morgan fingerprint density at radius 3 is 2.90 bits per heavy atom. The van der Waals surface area contributed by atoms with Crippen molar-refractivity contribution in [1.82, 2.24) is 5.32 Å². The fraction of sp³-hybridized carbons (Fsp3) is 0.529. The zero-order valence-electron chi connectivity index (χ0n) is 12.7. The maximum Gasteiger partial charge on any atom is 0.134 e. The average molecular weight is 289 g/mol. The van der Waals surface area contributed by atoms with Gasteiger partial charge in [0, 0.05) is 30.5 Å². The number of rotatable bonds is 5. The van der Waals surface area contributed by atoms with Crippen molar-refractivity contribution in [3.8, 4) is 0 Å². The zero-order valence-corrected chi connectivity index (χ0v) is 12.7. The molecule has 4 heteroatoms. The van der Waals surface area contributed by atoms with Crippen molar-refractivity contribution in [2.45, 2.75) is 38.3 Å². The summed E-state index contributed by atoms with van der Waals surface area (Å²) in [6.45, 7) is 5.79. The van der Waals surface area contributed by atoms with Crippen LogP contribution in [0.3, 0.4) is 0 Å². The van der Waals surface area contributed by atoms with Crippen LogP contribution in [0.4, 0.5) is 0 Å². The number of aliphatic hydroxyl groups is 1. The Balaban J connectivity index is 1.79. The third kappa shape index (κ3) is 2.84. The Labute approximate surface area is 125 Å². The summed E-state index contributed by atoms with van der Waals surface area (Å²) in [5, 5.41) is 14.9. The highest BCUT2D eigenvalue weighted by Gasteiger charge is 2.32. The molecular weight excluding hydrogens is 266 g/mol. The molecule has 0 unspecified atom stereocenters. The summed E-state index contributed by atoms with van der Waals surface area (Å²) in [7, 11) is 0. The number of furan rings is 1. The van der Waals surface area contributed by atoms with Crippen LogP contribution in [-0.4, -0.2) is 30.5 Å². The second-order valence-corrected chi connectivity index (χ2v) is 5.92. The van der Waals surface area contributed by atoms with Crippen LogP contribution in [0, 0.1) is 0 Å². The van der Waals surface area contributed by atoms with Crippen molar-refractivity contribution in [3.05, 3.63) is 35.6 Å². The van der Waals surface area contributed by atoms with Gasteiger partial charge in [-0.25, -0.2) is 0 Å². The van der Waals surface area contributed by atoms with Crippen molar-refractivity contribution >= 4 is 11.0 Å². The van der Waals surface area contributed by atoms with E-state index in [0.717, 1.165) is 17.8 Å². The van der Waals surface area contributed by atoms with Gasteiger partial charge in [-0.05, 0) is 19.4 Å². The van der Waals surface area contributed by atoms with Gasteiger partial charge in [0.1, 0.15) is 16.9 Å². The molecule has 3 rings (SSSR count). The summed E-state index contributed by atoms with van der Waals surface area (Å²) >= 11 is 0. The molecule has 114 valence electrons. The molecular formula is C17H23NO3. The van der Waals surface area contributed by atoms with Crippen LogP contribution in [0.25, 0.3) is 11.0 Å². The van der Waals surface area contributed by atoms with Crippen LogP contribution in [0.2, 0.25) is 0 Å². The number of para-hydroxylation sites is 1. The Kier molecular flexibility index (Phi) is 4.02. The molecule has 1 aromatic heterocycles. The summed E-state index contributed by atoms with van der Waals surface area (Å²) in [5.74, 6) is 0.973. The van der Waals surface area contributed by atoms with Gasteiger partial charge in [-0.3, -0.25) is 0 Å². The van der Waals surface area contributed by atoms with Crippen molar-refractivity contribution in [1.29, 1.82) is 0 Å². The highest BCUT2D eigenvalue weighted by Crippen LogP contribution is 2.30. The number of benzene rings is 1. The lowest BCUT2D eigenvalue weighted by Gasteiger charge is -2.23. The van der Waals surface area contributed by atoms with Crippen LogP contribution in [0.5, 0.6) is 0 Å². The topological polar surface area (TPSA) is 54.6 Å². The SMILES string of the molecule is CCc1c([C@H](C)NC[C@@]2(O)CCOC2)oc2ccccc12. The van der Waals surface area contributed by atoms with Crippen LogP contribution in [0.15, 0.2) is 28.7 Å². The minimum atomic E-state index is -0.743. The number of ether oxygens (including phenoxy) is 1. The molecule has 2 atom stereocenters. The summed E-state index contributed by atoms with van der Waals surface area (Å²) in [6, 6.07) is 8.20. The zero-order chi connectivity index (χ0) is 14.9. The number of aryl methyl sites for hydroxylation is 1. The highest BCUT2D eigenvalue weighted by atomic mass is 16.5. The smallest absolute Gasteiger partial charge is 0.134 e. The molecule has 21 heavy (non-hydrogen) atoms. The fourth-order valence-corrected chi connectivity index (χ4v) is 3.00. The van der Waals surface area contributed by atoms with Crippen molar-refractivity contribution in [3.63, 3.8) is 0 Å². The molecule has 1 fully saturated rings. The van der Waals surface area contributed by atoms with Gasteiger partial charge in [0.25, 0.3) is 0 Å². The van der Waals surface area contributed by atoms with Crippen molar-refractivity contribution in [2.24, 2.45) is 0 Å². The van der Waals surface area contributed by atoms with Gasteiger partial charge >= 0.3 is 0 Å². The van der Waals surface area contributed by atoms with E-state index in [9.17, 15) is 5.11 Å². The van der Waals surface area contributed by atoms with E-state index in [1.807, 2.05) is 18.2 Å². The second kappa shape index (κ2) is 5.79. The summed E-state index contributed by atoms with van der Waals surface area (Å²) < 4.78 is 11.3. The predicted molar refractivity (Wildman–Crippen MR) is 82.4 cm³/mol. The summed E-state index contributed by atoms with van der Waals surface area (Å²) in [6.07, 6.45) is 1.62. The molecule has 0 radical (unpaired) electrons. The monoisotopic (exact) mass is 289 g/mol. The van der Waals surface area contributed by atoms with Gasteiger partial charge < -0.3 is 19.6 Å². The Bertz CT molecular complexity index is 614. The third-order valence-corrected chi connectivity index (χ3v) is 4.30. The molecule has 4 nitrogen and oxygen atoms in total. The highest BCUT2D eigenvalue weighted by molar-refractivity contribution is 5.82. The molecule has 1 aliphatic rings. The van der Waals surface area contributed by atoms with Crippen LogP contribution in [0.1, 0.15) is 37.6 Å². The van der Waals surface area contributed by atoms with E-state index < -0.39 is 5.60 Å². The Morgan fingerprint density at radius 2 is 2.19 bits per heavy atom. The molecule has 0 bridgehead atoms. The lowest BCUT2D eigenvalue weighted by Crippen LogP contribution is -2.41. The average Bonchev–Trinajstić information content (AvgIpc) is 3.08. The van der Waals surface area contributed by atoms with Crippen LogP contribution in [-0.2, 0) is 11.2 Å². The molecule has 0 saturated carbocycles. The molecule has 1 aliphatic heterocycles. The van der Waals surface area contributed by atoms with E-state index in [-0.39, 0.29) is 6.04 Å². The van der Waals surface area contributed by atoms with Gasteiger partial charge in [0.05, 0.1) is 12.6 Å². The number of fused-ring (bicyclic) bond motifs is 1. The number of hydrogen-bond donors (Lipinski definition) is 2. The first kappa shape index (κ1) is 14.6. The van der Waals surface area contributed by atoms with Gasteiger partial charge in [-0.15, -0.1) is 0 Å². The standard InChI is InChI=1S/C17H23NO3/c1-3-13-14-6-4-5-7-15(14)21-16(13)12(2)18-10-17(19)8-9-20-11-17/h4-7,12,18-19H,3,8-11H2,1-2H3/t12-,17-/m0/s1. The van der Waals surface area contributed by atoms with Gasteiger partial charge in [0.15, 0.2) is 0 Å². The lowest BCUT2D eigenvalue weighted by molar-refractivity contribution is 0.0247. The molecule has 0 amide bonds. The third-order valence-electron chi connectivity index (χ3n) is 4.30. The molecule has 2 aromatic rings. The quantitative estimate of drug-likeness (QED) is 0.888. The van der Waals surface area contributed by atoms with Crippen LogP contribution < -0.4 is 5.32 Å². The van der Waals surface area contributed by atoms with Crippen molar-refractivity contribution < 1.29 is 14.3 Å². The Morgan fingerprint density at radius 1 is 1.38 bits per heavy atom. The van der Waals surface area contributed by atoms with Gasteiger partial charge in [-0.2, -0.15) is 0 Å². The van der Waals surface area contributed by atoms with E-state index in [4.69, 9.17) is 9.15 Å². The first-order chi connectivity index (χ1) is 10.1. The Hall–Kier alpha value is -1.36. The lowest BCUT2D eigenvalue weighted by atomic mass is 10.0. The second-order valence-electron chi connectivity index (χ2n) is 5.92. The van der Waals surface area contributed by atoms with E-state index >= 15 is 0 Å². The largest absolute Gasteiger partial charge is 0.459 e. The van der Waals surface area contributed by atoms with E-state index in [2.05, 4.69) is 25.2 Å². The first-order valence-electron chi connectivity index (χ1n) is 7.67. The number of nitrogens with one attached hydrogen (secondary N) is 1. The summed E-state index contributed by atoms with van der Waals surface area (Å²) in [5.41, 5.74) is 1.44. The summed E-state index contributed by atoms with van der Waals surface area (Å²) in [4.78, 5) is 0. The molecule has 0 aliphatic carbocycles. The predicted octanol–water partition coefficient (Wildman–Crippen LogP) is 2.80. The van der Waals surface area contributed by atoms with Gasteiger partial charge in [-0.1, -0.05) is 25.1 Å². The molecule has 1 saturated heterocycles. The van der Waals surface area contributed by atoms with Crippen LogP contribution >= 0.6 is 0 Å². The fourth-order valence-electron chi connectivity index (χ4n) is 3.00. The molecule has 0 spiro atoms. The van der Waals surface area contributed by atoms with Gasteiger partial charge in [0.2, 0.25) is 0 Å². The molecule has 2 N–H and O–H groups in total. The maximum absolute atomic E-state index is 10.3. The molecule has 2 heterocycles. The minimum Gasteiger partial charge on any atom is -0.459 e. The van der Waals surface area contributed by atoms with Crippen molar-refractivity contribution in [2.75, 3.05) is 19.8 Å². The van der Waals surface area contributed by atoms with E-state index in [1.165, 1.54) is 10.9 Å². The first-order valence-corrected chi connectivity index (χ1v) is 7.67. The number of hydrogen-bond acceptors (Lipinski definition) is 4. The normalized spacial score (nSPS) is 23.8. The van der Waals surface area contributed by atoms with E-state index in [1.54, 1.807) is 0 Å². The van der Waals surface area contributed by atoms with E-state index in [0.29, 0.717) is 26.2 Å². The minimum absolute atomic E-state index is 0.0666. The maximum atomic E-state index is 10.3.